The normalized spacial score (nSPS) is 10.4. The first-order valence-corrected chi connectivity index (χ1v) is 6.36. The van der Waals surface area contributed by atoms with E-state index in [4.69, 9.17) is 5.26 Å². The highest BCUT2D eigenvalue weighted by molar-refractivity contribution is 9.11. The van der Waals surface area contributed by atoms with E-state index in [2.05, 4.69) is 44.0 Å². The quantitative estimate of drug-likeness (QED) is 0.755. The third-order valence-electron chi connectivity index (χ3n) is 1.91. The summed E-state index contributed by atoms with van der Waals surface area (Å²) in [6.45, 7) is 0. The molecule has 0 radical (unpaired) electrons. The van der Waals surface area contributed by atoms with Crippen LogP contribution in [0.3, 0.4) is 0 Å². The van der Waals surface area contributed by atoms with Crippen molar-refractivity contribution >= 4 is 53.3 Å². The highest BCUT2D eigenvalue weighted by Gasteiger charge is 2.10. The van der Waals surface area contributed by atoms with E-state index in [1.807, 2.05) is 12.1 Å². The van der Waals surface area contributed by atoms with Crippen molar-refractivity contribution in [3.63, 3.8) is 0 Å². The van der Waals surface area contributed by atoms with Crippen LogP contribution in [0.5, 0.6) is 0 Å². The largest absolute Gasteiger partial charge is 0.198 e. The summed E-state index contributed by atoms with van der Waals surface area (Å²) in [6.07, 6.45) is 0.465. The van der Waals surface area contributed by atoms with E-state index in [0.717, 1.165) is 13.8 Å². The second-order valence-electron chi connectivity index (χ2n) is 2.79. The first-order chi connectivity index (χ1) is 6.74. The highest BCUT2D eigenvalue weighted by atomic mass is 79.9. The summed E-state index contributed by atoms with van der Waals surface area (Å²) in [5, 5.41) is 9.84. The van der Waals surface area contributed by atoms with E-state index in [-0.39, 0.29) is 0 Å². The molecule has 0 atom stereocenters. The topological polar surface area (TPSA) is 23.8 Å². The Labute approximate surface area is 103 Å². The number of nitriles is 1. The molecule has 0 amide bonds. The Morgan fingerprint density at radius 2 is 2.14 bits per heavy atom. The average molecular weight is 331 g/mol. The molecule has 0 unspecified atom stereocenters. The second-order valence-corrected chi connectivity index (χ2v) is 5.54. The maximum atomic E-state index is 8.66. The van der Waals surface area contributed by atoms with Crippen LogP contribution in [-0.4, -0.2) is 0 Å². The Morgan fingerprint density at radius 1 is 1.36 bits per heavy atom. The molecule has 0 saturated carbocycles. The van der Waals surface area contributed by atoms with Crippen molar-refractivity contribution in [2.24, 2.45) is 0 Å². The van der Waals surface area contributed by atoms with Crippen molar-refractivity contribution < 1.29 is 0 Å². The Balaban J connectivity index is 2.74. The molecule has 1 aromatic carbocycles. The number of thiophene rings is 1. The van der Waals surface area contributed by atoms with Crippen LogP contribution in [0.2, 0.25) is 0 Å². The third kappa shape index (κ3) is 1.60. The van der Waals surface area contributed by atoms with Crippen LogP contribution in [0.15, 0.2) is 27.1 Å². The van der Waals surface area contributed by atoms with Gasteiger partial charge < -0.3 is 0 Å². The number of hydrogen-bond donors (Lipinski definition) is 0. The maximum Gasteiger partial charge on any atom is 0.0707 e. The summed E-state index contributed by atoms with van der Waals surface area (Å²) in [5.41, 5.74) is 0. The van der Waals surface area contributed by atoms with E-state index in [9.17, 15) is 0 Å². The van der Waals surface area contributed by atoms with Gasteiger partial charge >= 0.3 is 0 Å². The number of rotatable bonds is 1. The van der Waals surface area contributed by atoms with E-state index in [1.54, 1.807) is 11.3 Å². The van der Waals surface area contributed by atoms with Crippen molar-refractivity contribution in [3.05, 3.63) is 32.0 Å². The van der Waals surface area contributed by atoms with Gasteiger partial charge in [0.25, 0.3) is 0 Å². The zero-order chi connectivity index (χ0) is 10.1. The van der Waals surface area contributed by atoms with Crippen LogP contribution in [0, 0.1) is 11.3 Å². The summed E-state index contributed by atoms with van der Waals surface area (Å²) in [6, 6.07) is 8.24. The summed E-state index contributed by atoms with van der Waals surface area (Å²) < 4.78 is 3.34. The summed E-state index contributed by atoms with van der Waals surface area (Å²) in [5.74, 6) is 0. The molecule has 2 aromatic rings. The Bertz CT molecular complexity index is 525. The molecule has 1 aromatic heterocycles. The van der Waals surface area contributed by atoms with Crippen molar-refractivity contribution in [1.82, 2.24) is 0 Å². The van der Waals surface area contributed by atoms with Crippen molar-refractivity contribution in [1.29, 1.82) is 5.26 Å². The standard InChI is InChI=1S/C10H5Br2NS/c11-7-3-1-2-6-9(12)8(4-5-13)14-10(6)7/h1-3H,4H2. The van der Waals surface area contributed by atoms with Crippen molar-refractivity contribution in [2.75, 3.05) is 0 Å². The van der Waals surface area contributed by atoms with Gasteiger partial charge in [0.05, 0.1) is 12.5 Å². The molecule has 0 aliphatic rings. The van der Waals surface area contributed by atoms with Crippen LogP contribution < -0.4 is 0 Å². The van der Waals surface area contributed by atoms with Crippen LogP contribution in [0.1, 0.15) is 4.88 Å². The van der Waals surface area contributed by atoms with Crippen LogP contribution in [0.25, 0.3) is 10.1 Å². The maximum absolute atomic E-state index is 8.66. The van der Waals surface area contributed by atoms with Gasteiger partial charge in [-0.3, -0.25) is 0 Å². The Morgan fingerprint density at radius 3 is 2.79 bits per heavy atom. The molecule has 0 fully saturated rings. The van der Waals surface area contributed by atoms with Gasteiger partial charge in [0.15, 0.2) is 0 Å². The minimum atomic E-state index is 0.465. The number of benzene rings is 1. The number of hydrogen-bond acceptors (Lipinski definition) is 2. The molecule has 0 aliphatic carbocycles. The van der Waals surface area contributed by atoms with Gasteiger partial charge in [0.1, 0.15) is 0 Å². The van der Waals surface area contributed by atoms with Crippen molar-refractivity contribution in [2.45, 2.75) is 6.42 Å². The Hall–Kier alpha value is -0.370. The highest BCUT2D eigenvalue weighted by Crippen LogP contribution is 2.39. The molecule has 0 spiro atoms. The van der Waals surface area contributed by atoms with Crippen LogP contribution in [-0.2, 0) is 6.42 Å². The molecule has 70 valence electrons. The Kier molecular flexibility index (Phi) is 2.91. The van der Waals surface area contributed by atoms with Gasteiger partial charge in [0, 0.05) is 23.9 Å². The fourth-order valence-electron chi connectivity index (χ4n) is 1.29. The van der Waals surface area contributed by atoms with Gasteiger partial charge in [-0.2, -0.15) is 5.26 Å². The number of nitrogens with zero attached hydrogens (tertiary/aromatic N) is 1. The predicted octanol–water partition coefficient (Wildman–Crippen LogP) is 4.49. The van der Waals surface area contributed by atoms with Crippen LogP contribution in [0.4, 0.5) is 0 Å². The first kappa shape index (κ1) is 10.2. The fraction of sp³-hybridized carbons (Fsp3) is 0.100. The minimum absolute atomic E-state index is 0.465. The lowest BCUT2D eigenvalue weighted by molar-refractivity contribution is 1.31. The van der Waals surface area contributed by atoms with Gasteiger partial charge in [-0.15, -0.1) is 11.3 Å². The van der Waals surface area contributed by atoms with Crippen molar-refractivity contribution in [3.8, 4) is 6.07 Å². The summed E-state index contributed by atoms with van der Waals surface area (Å²) >= 11 is 8.69. The molecular weight excluding hydrogens is 326 g/mol. The lowest BCUT2D eigenvalue weighted by Gasteiger charge is -1.91. The van der Waals surface area contributed by atoms with E-state index >= 15 is 0 Å². The molecule has 14 heavy (non-hydrogen) atoms. The van der Waals surface area contributed by atoms with Gasteiger partial charge in [-0.25, -0.2) is 0 Å². The predicted molar refractivity (Wildman–Crippen MR) is 66.5 cm³/mol. The van der Waals surface area contributed by atoms with E-state index in [0.29, 0.717) is 6.42 Å². The number of halogens is 2. The van der Waals surface area contributed by atoms with Gasteiger partial charge in [-0.05, 0) is 37.9 Å². The first-order valence-electron chi connectivity index (χ1n) is 3.96. The molecule has 1 nitrogen and oxygen atoms in total. The average Bonchev–Trinajstić information content (AvgIpc) is 2.48. The summed E-state index contributed by atoms with van der Waals surface area (Å²) in [4.78, 5) is 1.09. The molecule has 0 aliphatic heterocycles. The summed E-state index contributed by atoms with van der Waals surface area (Å²) in [7, 11) is 0. The molecule has 2 rings (SSSR count). The SMILES string of the molecule is N#CCc1sc2c(Br)cccc2c1Br. The van der Waals surface area contributed by atoms with Gasteiger partial charge in [-0.1, -0.05) is 12.1 Å². The molecule has 1 heterocycles. The minimum Gasteiger partial charge on any atom is -0.198 e. The van der Waals surface area contributed by atoms with E-state index < -0.39 is 0 Å². The lowest BCUT2D eigenvalue weighted by atomic mass is 10.2. The molecule has 0 saturated heterocycles. The third-order valence-corrected chi connectivity index (χ3v) is 5.24. The monoisotopic (exact) mass is 329 g/mol. The smallest absolute Gasteiger partial charge is 0.0707 e. The molecule has 0 bridgehead atoms. The zero-order valence-corrected chi connectivity index (χ0v) is 11.0. The molecule has 4 heteroatoms. The van der Waals surface area contributed by atoms with E-state index in [1.165, 1.54) is 10.1 Å². The van der Waals surface area contributed by atoms with Crippen LogP contribution >= 0.6 is 43.2 Å². The second kappa shape index (κ2) is 4.01. The lowest BCUT2D eigenvalue weighted by Crippen LogP contribution is -1.73. The fourth-order valence-corrected chi connectivity index (χ4v) is 3.77. The molecule has 0 N–H and O–H groups in total. The zero-order valence-electron chi connectivity index (χ0n) is 7.05. The molecular formula is C10H5Br2NS. The number of fused-ring (bicyclic) bond motifs is 1. The van der Waals surface area contributed by atoms with Gasteiger partial charge in [0.2, 0.25) is 0 Å².